The highest BCUT2D eigenvalue weighted by atomic mass is 16.5. The number of para-hydroxylation sites is 4. The third kappa shape index (κ3) is 2.37. The van der Waals surface area contributed by atoms with E-state index in [1.165, 1.54) is 0 Å². The molecule has 2 aromatic carbocycles. The first-order valence-electron chi connectivity index (χ1n) is 8.17. The van der Waals surface area contributed by atoms with Crippen molar-refractivity contribution in [3.8, 4) is 11.5 Å². The number of ether oxygens (including phenoxy) is 1. The Bertz CT molecular complexity index is 758. The van der Waals surface area contributed by atoms with E-state index in [-0.39, 0.29) is 6.04 Å². The highest BCUT2D eigenvalue weighted by Crippen LogP contribution is 2.49. The quantitative estimate of drug-likeness (QED) is 0.501. The molecule has 0 spiro atoms. The molecule has 0 amide bonds. The number of fused-ring (bicyclic) bond motifs is 2. The SMILES string of the molecule is [N-]=[N+]=N[C@H]1CCC[C@@H](N2c3ccccc3Oc3ccccc32)[C@@H]1O. The number of rotatable bonds is 2. The van der Waals surface area contributed by atoms with Gasteiger partial charge in [-0.3, -0.25) is 0 Å². The summed E-state index contributed by atoms with van der Waals surface area (Å²) in [5.74, 6) is 1.55. The Kier molecular flexibility index (Phi) is 3.76. The second-order valence-corrected chi connectivity index (χ2v) is 6.17. The molecule has 2 aromatic rings. The van der Waals surface area contributed by atoms with Gasteiger partial charge in [-0.2, -0.15) is 0 Å². The van der Waals surface area contributed by atoms with E-state index < -0.39 is 12.1 Å². The topological polar surface area (TPSA) is 81.5 Å². The summed E-state index contributed by atoms with van der Waals surface area (Å²) in [5.41, 5.74) is 10.6. The van der Waals surface area contributed by atoms with Gasteiger partial charge in [-0.25, -0.2) is 0 Å². The fraction of sp³-hybridized carbons (Fsp3) is 0.333. The smallest absolute Gasteiger partial charge is 0.151 e. The van der Waals surface area contributed by atoms with Crippen LogP contribution in [-0.2, 0) is 0 Å². The first-order chi connectivity index (χ1) is 11.8. The average Bonchev–Trinajstić information content (AvgIpc) is 2.62. The molecule has 2 aliphatic rings. The van der Waals surface area contributed by atoms with Crippen LogP contribution in [0.4, 0.5) is 11.4 Å². The zero-order valence-electron chi connectivity index (χ0n) is 13.1. The molecule has 1 N–H and O–H groups in total. The van der Waals surface area contributed by atoms with Gasteiger partial charge in [0.15, 0.2) is 11.5 Å². The van der Waals surface area contributed by atoms with Gasteiger partial charge in [-0.1, -0.05) is 35.8 Å². The van der Waals surface area contributed by atoms with Crippen LogP contribution in [0.5, 0.6) is 11.5 Å². The maximum atomic E-state index is 10.8. The first-order valence-corrected chi connectivity index (χ1v) is 8.17. The lowest BCUT2D eigenvalue weighted by atomic mass is 9.86. The third-order valence-corrected chi connectivity index (χ3v) is 4.79. The van der Waals surface area contributed by atoms with E-state index in [4.69, 9.17) is 10.3 Å². The van der Waals surface area contributed by atoms with Crippen molar-refractivity contribution in [2.75, 3.05) is 4.90 Å². The third-order valence-electron chi connectivity index (χ3n) is 4.79. The van der Waals surface area contributed by atoms with Crippen LogP contribution >= 0.6 is 0 Å². The molecule has 0 saturated heterocycles. The van der Waals surface area contributed by atoms with Crippen molar-refractivity contribution >= 4 is 11.4 Å². The summed E-state index contributed by atoms with van der Waals surface area (Å²) in [6.45, 7) is 0. The highest BCUT2D eigenvalue weighted by Gasteiger charge is 2.39. The van der Waals surface area contributed by atoms with E-state index in [1.807, 2.05) is 48.5 Å². The number of nitrogens with zero attached hydrogens (tertiary/aromatic N) is 4. The summed E-state index contributed by atoms with van der Waals surface area (Å²) in [6, 6.07) is 15.1. The van der Waals surface area contributed by atoms with Crippen molar-refractivity contribution in [1.29, 1.82) is 0 Å². The molecule has 3 atom stereocenters. The van der Waals surface area contributed by atoms with Gasteiger partial charge in [0.25, 0.3) is 0 Å². The molecule has 1 heterocycles. The largest absolute Gasteiger partial charge is 0.453 e. The molecule has 4 rings (SSSR count). The molecule has 24 heavy (non-hydrogen) atoms. The number of benzene rings is 2. The Morgan fingerprint density at radius 3 is 2.29 bits per heavy atom. The van der Waals surface area contributed by atoms with Gasteiger partial charge in [-0.05, 0) is 42.6 Å². The number of aliphatic hydroxyl groups is 1. The summed E-state index contributed by atoms with van der Waals surface area (Å²) >= 11 is 0. The maximum absolute atomic E-state index is 10.8. The number of aliphatic hydroxyl groups excluding tert-OH is 1. The molecule has 0 unspecified atom stereocenters. The lowest BCUT2D eigenvalue weighted by Gasteiger charge is -2.44. The minimum absolute atomic E-state index is 0.152. The molecule has 1 saturated carbocycles. The lowest BCUT2D eigenvalue weighted by molar-refractivity contribution is 0.0874. The summed E-state index contributed by atoms with van der Waals surface area (Å²) in [6.07, 6.45) is 1.75. The second kappa shape index (κ2) is 6.07. The van der Waals surface area contributed by atoms with Gasteiger partial charge in [0.1, 0.15) is 0 Å². The van der Waals surface area contributed by atoms with Crippen molar-refractivity contribution in [2.45, 2.75) is 37.5 Å². The minimum Gasteiger partial charge on any atom is -0.453 e. The number of hydrogen-bond acceptors (Lipinski definition) is 4. The van der Waals surface area contributed by atoms with Crippen LogP contribution in [0, 0.1) is 0 Å². The van der Waals surface area contributed by atoms with Gasteiger partial charge in [0, 0.05) is 4.91 Å². The number of hydrogen-bond donors (Lipinski definition) is 1. The first kappa shape index (κ1) is 14.9. The molecule has 6 heteroatoms. The molecule has 1 aliphatic heterocycles. The van der Waals surface area contributed by atoms with Gasteiger partial charge in [-0.15, -0.1) is 0 Å². The molecular formula is C18H18N4O2. The van der Waals surface area contributed by atoms with E-state index in [2.05, 4.69) is 14.9 Å². The van der Waals surface area contributed by atoms with E-state index in [1.54, 1.807) is 0 Å². The fourth-order valence-corrected chi connectivity index (χ4v) is 3.70. The van der Waals surface area contributed by atoms with E-state index in [0.717, 1.165) is 42.1 Å². The van der Waals surface area contributed by atoms with Gasteiger partial charge >= 0.3 is 0 Å². The molecule has 6 nitrogen and oxygen atoms in total. The van der Waals surface area contributed by atoms with E-state index in [0.29, 0.717) is 0 Å². The predicted molar refractivity (Wildman–Crippen MR) is 91.7 cm³/mol. The summed E-state index contributed by atoms with van der Waals surface area (Å²) in [5, 5.41) is 14.6. The van der Waals surface area contributed by atoms with Gasteiger partial charge in [0.05, 0.1) is 29.6 Å². The average molecular weight is 322 g/mol. The Morgan fingerprint density at radius 2 is 1.67 bits per heavy atom. The number of azide groups is 1. The lowest BCUT2D eigenvalue weighted by Crippen LogP contribution is -2.49. The molecular weight excluding hydrogens is 304 g/mol. The van der Waals surface area contributed by atoms with E-state index in [9.17, 15) is 5.11 Å². The predicted octanol–water partition coefficient (Wildman–Crippen LogP) is 4.52. The Hall–Kier alpha value is -2.69. The minimum atomic E-state index is -0.714. The van der Waals surface area contributed by atoms with Crippen LogP contribution in [-0.4, -0.2) is 23.3 Å². The standard InChI is InChI=1S/C18H18N4O2/c19-21-20-12-6-5-9-15(18(12)23)22-13-7-1-3-10-16(13)24-17-11-4-2-8-14(17)22/h1-4,7-8,10-12,15,18,23H,5-6,9H2/t12-,15+,18+/m0/s1. The Labute approximate surface area is 139 Å². The van der Waals surface area contributed by atoms with Gasteiger partial charge < -0.3 is 14.7 Å². The molecule has 122 valence electrons. The van der Waals surface area contributed by atoms with Crippen LogP contribution < -0.4 is 9.64 Å². The monoisotopic (exact) mass is 322 g/mol. The summed E-state index contributed by atoms with van der Waals surface area (Å²) < 4.78 is 6.00. The summed E-state index contributed by atoms with van der Waals surface area (Å²) in [7, 11) is 0. The fourth-order valence-electron chi connectivity index (χ4n) is 3.70. The summed E-state index contributed by atoms with van der Waals surface area (Å²) in [4.78, 5) is 5.04. The van der Waals surface area contributed by atoms with Crippen LogP contribution in [0.2, 0.25) is 0 Å². The zero-order chi connectivity index (χ0) is 16.5. The molecule has 1 aliphatic carbocycles. The normalized spacial score (nSPS) is 25.0. The van der Waals surface area contributed by atoms with Crippen molar-refractivity contribution in [1.82, 2.24) is 0 Å². The highest BCUT2D eigenvalue weighted by molar-refractivity contribution is 5.78. The molecule has 0 aromatic heterocycles. The second-order valence-electron chi connectivity index (χ2n) is 6.17. The van der Waals surface area contributed by atoms with Crippen LogP contribution in [0.3, 0.4) is 0 Å². The number of anilines is 2. The Balaban J connectivity index is 1.81. The molecule has 0 radical (unpaired) electrons. The van der Waals surface area contributed by atoms with Crippen LogP contribution in [0.15, 0.2) is 53.6 Å². The van der Waals surface area contributed by atoms with Crippen molar-refractivity contribution in [3.63, 3.8) is 0 Å². The molecule has 0 bridgehead atoms. The Morgan fingerprint density at radius 1 is 1.04 bits per heavy atom. The zero-order valence-corrected chi connectivity index (χ0v) is 13.1. The van der Waals surface area contributed by atoms with E-state index >= 15 is 0 Å². The van der Waals surface area contributed by atoms with Gasteiger partial charge in [0.2, 0.25) is 0 Å². The van der Waals surface area contributed by atoms with Crippen molar-refractivity contribution in [3.05, 3.63) is 59.0 Å². The van der Waals surface area contributed by atoms with Crippen molar-refractivity contribution < 1.29 is 9.84 Å². The maximum Gasteiger partial charge on any atom is 0.151 e. The van der Waals surface area contributed by atoms with Crippen molar-refractivity contribution in [2.24, 2.45) is 5.11 Å². The molecule has 1 fully saturated rings. The van der Waals surface area contributed by atoms with Crippen LogP contribution in [0.1, 0.15) is 19.3 Å². The van der Waals surface area contributed by atoms with Crippen LogP contribution in [0.25, 0.3) is 10.4 Å².